The minimum atomic E-state index is -3.32. The highest BCUT2D eigenvalue weighted by Gasteiger charge is 2.34. The fraction of sp³-hybridized carbons (Fsp3) is 0.385. The third-order valence-corrected chi connectivity index (χ3v) is 5.33. The molecule has 1 heterocycles. The molecule has 5 nitrogen and oxygen atoms in total. The maximum Gasteiger partial charge on any atom is 0.242 e. The second-order valence-electron chi connectivity index (χ2n) is 4.53. The van der Waals surface area contributed by atoms with Crippen LogP contribution in [0.5, 0.6) is 0 Å². The molecule has 1 aliphatic heterocycles. The van der Waals surface area contributed by atoms with Crippen LogP contribution >= 0.6 is 0 Å². The molecule has 1 aromatic rings. The number of nitrogens with zero attached hydrogens (tertiary/aromatic N) is 1. The second kappa shape index (κ2) is 5.41. The number of nitriles is 1. The van der Waals surface area contributed by atoms with Crippen molar-refractivity contribution in [2.24, 2.45) is 0 Å². The standard InChI is InChI=1S/C13H14N2O3S/c14-9-10-4-6-11(7-5-10)15-13(16)12-3-1-2-8-19(12,17)18/h4-7,12H,1-3,8H2,(H,15,16). The van der Waals surface area contributed by atoms with E-state index in [2.05, 4.69) is 5.32 Å². The number of carbonyl (C=O) groups excluding carboxylic acids is 1. The first-order valence-electron chi connectivity index (χ1n) is 6.05. The van der Waals surface area contributed by atoms with Gasteiger partial charge >= 0.3 is 0 Å². The van der Waals surface area contributed by atoms with Gasteiger partial charge in [0.25, 0.3) is 0 Å². The summed E-state index contributed by atoms with van der Waals surface area (Å²) in [7, 11) is -3.32. The maximum atomic E-state index is 12.0. The van der Waals surface area contributed by atoms with E-state index in [0.29, 0.717) is 24.1 Å². The molecule has 19 heavy (non-hydrogen) atoms. The predicted molar refractivity (Wildman–Crippen MR) is 71.2 cm³/mol. The molecule has 0 aromatic heterocycles. The van der Waals surface area contributed by atoms with Crippen molar-refractivity contribution in [2.75, 3.05) is 11.1 Å². The number of rotatable bonds is 2. The second-order valence-corrected chi connectivity index (χ2v) is 6.83. The fourth-order valence-electron chi connectivity index (χ4n) is 2.10. The highest BCUT2D eigenvalue weighted by Crippen LogP contribution is 2.21. The van der Waals surface area contributed by atoms with Gasteiger partial charge in [-0.15, -0.1) is 0 Å². The summed E-state index contributed by atoms with van der Waals surface area (Å²) in [5.41, 5.74) is 0.994. The van der Waals surface area contributed by atoms with Crippen LogP contribution in [0.3, 0.4) is 0 Å². The number of benzene rings is 1. The highest BCUT2D eigenvalue weighted by atomic mass is 32.2. The molecule has 0 aliphatic carbocycles. The molecule has 1 saturated heterocycles. The molecule has 1 N–H and O–H groups in total. The molecule has 1 aliphatic rings. The van der Waals surface area contributed by atoms with Gasteiger partial charge in [0.1, 0.15) is 5.25 Å². The van der Waals surface area contributed by atoms with Gasteiger partial charge in [0, 0.05) is 5.69 Å². The lowest BCUT2D eigenvalue weighted by Gasteiger charge is -2.21. The Hall–Kier alpha value is -1.87. The van der Waals surface area contributed by atoms with Crippen LogP contribution in [0.4, 0.5) is 5.69 Å². The lowest BCUT2D eigenvalue weighted by atomic mass is 10.1. The van der Waals surface area contributed by atoms with Gasteiger partial charge in [-0.3, -0.25) is 4.79 Å². The zero-order chi connectivity index (χ0) is 13.9. The summed E-state index contributed by atoms with van der Waals surface area (Å²) in [5.74, 6) is -0.400. The first-order valence-corrected chi connectivity index (χ1v) is 7.77. The molecular weight excluding hydrogens is 264 g/mol. The van der Waals surface area contributed by atoms with Crippen LogP contribution in [0.1, 0.15) is 24.8 Å². The molecule has 2 rings (SSSR count). The monoisotopic (exact) mass is 278 g/mol. The Kier molecular flexibility index (Phi) is 3.86. The van der Waals surface area contributed by atoms with Crippen molar-refractivity contribution in [1.82, 2.24) is 0 Å². The van der Waals surface area contributed by atoms with Crippen molar-refractivity contribution < 1.29 is 13.2 Å². The largest absolute Gasteiger partial charge is 0.325 e. The minimum Gasteiger partial charge on any atom is -0.325 e. The van der Waals surface area contributed by atoms with Gasteiger partial charge in [-0.05, 0) is 37.1 Å². The van der Waals surface area contributed by atoms with Crippen molar-refractivity contribution in [3.8, 4) is 6.07 Å². The number of carbonyl (C=O) groups is 1. The summed E-state index contributed by atoms with van der Waals surface area (Å²) in [6, 6.07) is 8.30. The summed E-state index contributed by atoms with van der Waals surface area (Å²) >= 11 is 0. The topological polar surface area (TPSA) is 87.0 Å². The molecule has 100 valence electrons. The van der Waals surface area contributed by atoms with E-state index in [-0.39, 0.29) is 5.75 Å². The van der Waals surface area contributed by atoms with E-state index in [1.54, 1.807) is 24.3 Å². The van der Waals surface area contributed by atoms with Crippen LogP contribution in [-0.2, 0) is 14.6 Å². The zero-order valence-corrected chi connectivity index (χ0v) is 11.1. The average molecular weight is 278 g/mol. The van der Waals surface area contributed by atoms with E-state index in [4.69, 9.17) is 5.26 Å². The van der Waals surface area contributed by atoms with E-state index in [0.717, 1.165) is 6.42 Å². The van der Waals surface area contributed by atoms with Crippen molar-refractivity contribution in [2.45, 2.75) is 24.5 Å². The summed E-state index contributed by atoms with van der Waals surface area (Å²) in [4.78, 5) is 12.0. The van der Waals surface area contributed by atoms with Gasteiger partial charge in [0.05, 0.1) is 17.4 Å². The number of amides is 1. The normalized spacial score (nSPS) is 21.3. The van der Waals surface area contributed by atoms with E-state index in [1.807, 2.05) is 6.07 Å². The molecule has 1 unspecified atom stereocenters. The Bertz CT molecular complexity index is 614. The van der Waals surface area contributed by atoms with Crippen LogP contribution in [0.25, 0.3) is 0 Å². The van der Waals surface area contributed by atoms with Gasteiger partial charge in [-0.1, -0.05) is 6.42 Å². The summed E-state index contributed by atoms with van der Waals surface area (Å²) in [6.45, 7) is 0. The molecule has 1 fully saturated rings. The molecule has 1 amide bonds. The van der Waals surface area contributed by atoms with Crippen molar-refractivity contribution in [3.05, 3.63) is 29.8 Å². The Labute approximate surface area is 112 Å². The van der Waals surface area contributed by atoms with E-state index in [1.165, 1.54) is 0 Å². The first kappa shape index (κ1) is 13.6. The zero-order valence-electron chi connectivity index (χ0n) is 10.3. The predicted octanol–water partition coefficient (Wildman–Crippen LogP) is 1.46. The number of nitrogens with one attached hydrogen (secondary N) is 1. The number of hydrogen-bond donors (Lipinski definition) is 1. The van der Waals surface area contributed by atoms with Crippen LogP contribution < -0.4 is 5.32 Å². The van der Waals surface area contributed by atoms with Gasteiger partial charge < -0.3 is 5.32 Å². The van der Waals surface area contributed by atoms with Crippen LogP contribution in [-0.4, -0.2) is 25.3 Å². The number of anilines is 1. The van der Waals surface area contributed by atoms with Gasteiger partial charge in [0.2, 0.25) is 5.91 Å². The number of hydrogen-bond acceptors (Lipinski definition) is 4. The maximum absolute atomic E-state index is 12.0. The molecule has 0 radical (unpaired) electrons. The van der Waals surface area contributed by atoms with Gasteiger partial charge in [0.15, 0.2) is 9.84 Å². The van der Waals surface area contributed by atoms with E-state index in [9.17, 15) is 13.2 Å². The molecule has 0 spiro atoms. The molecule has 1 aromatic carbocycles. The van der Waals surface area contributed by atoms with Gasteiger partial charge in [-0.25, -0.2) is 8.42 Å². The van der Waals surface area contributed by atoms with Crippen LogP contribution in [0.15, 0.2) is 24.3 Å². The van der Waals surface area contributed by atoms with Crippen molar-refractivity contribution >= 4 is 21.4 Å². The summed E-state index contributed by atoms with van der Waals surface area (Å²) < 4.78 is 23.6. The van der Waals surface area contributed by atoms with E-state index < -0.39 is 21.0 Å². The molecular formula is C13H14N2O3S. The first-order chi connectivity index (χ1) is 9.03. The Balaban J connectivity index is 2.10. The molecule has 0 saturated carbocycles. The van der Waals surface area contributed by atoms with Crippen LogP contribution in [0, 0.1) is 11.3 Å². The molecule has 0 bridgehead atoms. The molecule has 6 heteroatoms. The SMILES string of the molecule is N#Cc1ccc(NC(=O)C2CCCCS2(=O)=O)cc1. The number of sulfone groups is 1. The van der Waals surface area contributed by atoms with Gasteiger partial charge in [-0.2, -0.15) is 5.26 Å². The summed E-state index contributed by atoms with van der Waals surface area (Å²) in [5, 5.41) is 10.3. The lowest BCUT2D eigenvalue weighted by molar-refractivity contribution is -0.116. The third-order valence-electron chi connectivity index (χ3n) is 3.15. The average Bonchev–Trinajstić information content (AvgIpc) is 2.39. The quantitative estimate of drug-likeness (QED) is 0.887. The van der Waals surface area contributed by atoms with Crippen LogP contribution in [0.2, 0.25) is 0 Å². The highest BCUT2D eigenvalue weighted by molar-refractivity contribution is 7.92. The van der Waals surface area contributed by atoms with Crippen molar-refractivity contribution in [1.29, 1.82) is 5.26 Å². The molecule has 1 atom stereocenters. The lowest BCUT2D eigenvalue weighted by Crippen LogP contribution is -2.39. The third kappa shape index (κ3) is 3.12. The summed E-state index contributed by atoms with van der Waals surface area (Å²) in [6.07, 6.45) is 1.76. The van der Waals surface area contributed by atoms with Crippen molar-refractivity contribution in [3.63, 3.8) is 0 Å². The fourth-order valence-corrected chi connectivity index (χ4v) is 3.90. The van der Waals surface area contributed by atoms with E-state index >= 15 is 0 Å². The Morgan fingerprint density at radius 1 is 1.26 bits per heavy atom. The Morgan fingerprint density at radius 2 is 1.95 bits per heavy atom. The Morgan fingerprint density at radius 3 is 2.53 bits per heavy atom. The minimum absolute atomic E-state index is 0.0818. The smallest absolute Gasteiger partial charge is 0.242 e.